The van der Waals surface area contributed by atoms with Gasteiger partial charge in [-0.3, -0.25) is 15.4 Å². The van der Waals surface area contributed by atoms with Crippen LogP contribution in [0, 0.1) is 0 Å². The maximum atomic E-state index is 11.9. The van der Waals surface area contributed by atoms with Gasteiger partial charge < -0.3 is 9.47 Å². The van der Waals surface area contributed by atoms with Crippen LogP contribution in [0.3, 0.4) is 0 Å². The van der Waals surface area contributed by atoms with E-state index in [0.29, 0.717) is 5.69 Å². The quantitative estimate of drug-likeness (QED) is 0.664. The number of benzene rings is 2. The molecule has 0 aliphatic rings. The normalized spacial score (nSPS) is 11.5. The zero-order chi connectivity index (χ0) is 18.9. The SMILES string of the molecule is CCOC(=O)Nc1ccc(Br)cc1C(NCC(=O)OC)c1ccccc1. The summed E-state index contributed by atoms with van der Waals surface area (Å²) in [5, 5.41) is 5.94. The van der Waals surface area contributed by atoms with Gasteiger partial charge in [-0.2, -0.15) is 0 Å². The molecule has 2 rings (SSSR count). The van der Waals surface area contributed by atoms with Gasteiger partial charge in [0.2, 0.25) is 0 Å². The zero-order valence-corrected chi connectivity index (χ0v) is 16.2. The summed E-state index contributed by atoms with van der Waals surface area (Å²) in [6.07, 6.45) is -0.532. The second-order valence-corrected chi connectivity index (χ2v) is 6.29. The number of nitrogens with one attached hydrogen (secondary N) is 2. The molecule has 0 radical (unpaired) electrons. The standard InChI is InChI=1S/C19H21BrN2O4/c1-3-26-19(24)22-16-10-9-14(20)11-15(16)18(21-12-17(23)25-2)13-7-5-4-6-8-13/h4-11,18,21H,3,12H2,1-2H3,(H,22,24). The van der Waals surface area contributed by atoms with E-state index in [1.807, 2.05) is 42.5 Å². The molecule has 7 heteroatoms. The molecule has 0 fully saturated rings. The molecule has 0 aliphatic heterocycles. The summed E-state index contributed by atoms with van der Waals surface area (Å²) in [6, 6.07) is 14.8. The Labute approximate surface area is 161 Å². The molecule has 0 saturated carbocycles. The van der Waals surface area contributed by atoms with Crippen LogP contribution in [-0.4, -0.2) is 32.3 Å². The third kappa shape index (κ3) is 5.57. The first-order valence-electron chi connectivity index (χ1n) is 8.13. The van der Waals surface area contributed by atoms with Gasteiger partial charge in [0.25, 0.3) is 0 Å². The summed E-state index contributed by atoms with van der Waals surface area (Å²) in [6.45, 7) is 2.05. The zero-order valence-electron chi connectivity index (χ0n) is 14.6. The van der Waals surface area contributed by atoms with Crippen LogP contribution in [0.1, 0.15) is 24.1 Å². The predicted molar refractivity (Wildman–Crippen MR) is 103 cm³/mol. The van der Waals surface area contributed by atoms with Crippen molar-refractivity contribution in [1.29, 1.82) is 0 Å². The van der Waals surface area contributed by atoms with Crippen LogP contribution in [-0.2, 0) is 14.3 Å². The van der Waals surface area contributed by atoms with E-state index in [1.165, 1.54) is 7.11 Å². The highest BCUT2D eigenvalue weighted by Gasteiger charge is 2.20. The number of methoxy groups -OCH3 is 1. The lowest BCUT2D eigenvalue weighted by atomic mass is 9.97. The number of hydrogen-bond donors (Lipinski definition) is 2. The highest BCUT2D eigenvalue weighted by Crippen LogP contribution is 2.31. The van der Waals surface area contributed by atoms with E-state index in [-0.39, 0.29) is 25.2 Å². The molecule has 0 spiro atoms. The molecule has 0 aliphatic carbocycles. The maximum absolute atomic E-state index is 11.9. The number of hydrogen-bond acceptors (Lipinski definition) is 5. The van der Waals surface area contributed by atoms with Gasteiger partial charge in [-0.15, -0.1) is 0 Å². The Morgan fingerprint density at radius 2 is 1.88 bits per heavy atom. The molecule has 0 aromatic heterocycles. The molecule has 2 aromatic carbocycles. The van der Waals surface area contributed by atoms with Crippen molar-refractivity contribution in [3.8, 4) is 0 Å². The van der Waals surface area contributed by atoms with Crippen molar-refractivity contribution in [2.75, 3.05) is 25.6 Å². The minimum absolute atomic E-state index is 0.0292. The van der Waals surface area contributed by atoms with Gasteiger partial charge >= 0.3 is 12.1 Å². The fraction of sp³-hybridized carbons (Fsp3) is 0.263. The van der Waals surface area contributed by atoms with Gasteiger partial charge in [0, 0.05) is 10.2 Å². The lowest BCUT2D eigenvalue weighted by Crippen LogP contribution is -2.30. The van der Waals surface area contributed by atoms with E-state index < -0.39 is 6.09 Å². The molecular formula is C19H21BrN2O4. The minimum Gasteiger partial charge on any atom is -0.468 e. The molecule has 2 aromatic rings. The van der Waals surface area contributed by atoms with E-state index in [1.54, 1.807) is 13.0 Å². The Balaban J connectivity index is 2.40. The van der Waals surface area contributed by atoms with Crippen molar-refractivity contribution in [2.45, 2.75) is 13.0 Å². The average Bonchev–Trinajstić information content (AvgIpc) is 2.64. The van der Waals surface area contributed by atoms with Gasteiger partial charge in [0.05, 0.1) is 26.3 Å². The lowest BCUT2D eigenvalue weighted by Gasteiger charge is -2.22. The van der Waals surface area contributed by atoms with Gasteiger partial charge in [0.15, 0.2) is 0 Å². The van der Waals surface area contributed by atoms with Crippen LogP contribution in [0.5, 0.6) is 0 Å². The van der Waals surface area contributed by atoms with E-state index in [2.05, 4.69) is 26.6 Å². The predicted octanol–water partition coefficient (Wildman–Crippen LogP) is 3.87. The number of carbonyl (C=O) groups excluding carboxylic acids is 2. The number of ether oxygens (including phenoxy) is 2. The Kier molecular flexibility index (Phi) is 7.62. The van der Waals surface area contributed by atoms with Gasteiger partial charge in [-0.1, -0.05) is 46.3 Å². The maximum Gasteiger partial charge on any atom is 0.411 e. The second kappa shape index (κ2) is 9.94. The molecule has 1 amide bonds. The Morgan fingerprint density at radius 3 is 2.54 bits per heavy atom. The summed E-state index contributed by atoms with van der Waals surface area (Å²) >= 11 is 3.46. The Morgan fingerprint density at radius 1 is 1.15 bits per heavy atom. The Hall–Kier alpha value is -2.38. The van der Waals surface area contributed by atoms with Crippen LogP contribution < -0.4 is 10.6 Å². The van der Waals surface area contributed by atoms with Crippen LogP contribution >= 0.6 is 15.9 Å². The number of halogens is 1. The fourth-order valence-electron chi connectivity index (χ4n) is 2.47. The molecular weight excluding hydrogens is 400 g/mol. The van der Waals surface area contributed by atoms with Crippen molar-refractivity contribution in [1.82, 2.24) is 5.32 Å². The van der Waals surface area contributed by atoms with E-state index >= 15 is 0 Å². The van der Waals surface area contributed by atoms with Crippen molar-refractivity contribution >= 4 is 33.7 Å². The monoisotopic (exact) mass is 420 g/mol. The second-order valence-electron chi connectivity index (χ2n) is 5.38. The molecule has 26 heavy (non-hydrogen) atoms. The summed E-state index contributed by atoms with van der Waals surface area (Å²) in [7, 11) is 1.34. The van der Waals surface area contributed by atoms with Crippen molar-refractivity contribution < 1.29 is 19.1 Å². The highest BCUT2D eigenvalue weighted by atomic mass is 79.9. The third-order valence-electron chi connectivity index (χ3n) is 3.65. The first kappa shape index (κ1) is 19.9. The van der Waals surface area contributed by atoms with Crippen LogP contribution in [0.25, 0.3) is 0 Å². The summed E-state index contributed by atoms with van der Waals surface area (Å²) < 4.78 is 10.5. The Bertz CT molecular complexity index is 752. The number of rotatable bonds is 7. The van der Waals surface area contributed by atoms with Crippen LogP contribution in [0.2, 0.25) is 0 Å². The first-order chi connectivity index (χ1) is 12.5. The molecule has 138 valence electrons. The van der Waals surface area contributed by atoms with E-state index in [0.717, 1.165) is 15.6 Å². The molecule has 2 N–H and O–H groups in total. The number of esters is 1. The van der Waals surface area contributed by atoms with Crippen molar-refractivity contribution in [2.24, 2.45) is 0 Å². The third-order valence-corrected chi connectivity index (χ3v) is 4.14. The molecule has 1 atom stereocenters. The smallest absolute Gasteiger partial charge is 0.411 e. The molecule has 1 unspecified atom stereocenters. The number of anilines is 1. The van der Waals surface area contributed by atoms with Crippen molar-refractivity contribution in [3.63, 3.8) is 0 Å². The van der Waals surface area contributed by atoms with E-state index in [4.69, 9.17) is 9.47 Å². The first-order valence-corrected chi connectivity index (χ1v) is 8.92. The summed E-state index contributed by atoms with van der Waals surface area (Å²) in [5.74, 6) is -0.374. The van der Waals surface area contributed by atoms with E-state index in [9.17, 15) is 9.59 Å². The molecule has 0 saturated heterocycles. The highest BCUT2D eigenvalue weighted by molar-refractivity contribution is 9.10. The topological polar surface area (TPSA) is 76.7 Å². The van der Waals surface area contributed by atoms with Crippen LogP contribution in [0.15, 0.2) is 53.0 Å². The average molecular weight is 421 g/mol. The van der Waals surface area contributed by atoms with Crippen molar-refractivity contribution in [3.05, 3.63) is 64.1 Å². The minimum atomic E-state index is -0.532. The molecule has 0 bridgehead atoms. The largest absolute Gasteiger partial charge is 0.468 e. The molecule has 6 nitrogen and oxygen atoms in total. The number of amides is 1. The lowest BCUT2D eigenvalue weighted by molar-refractivity contribution is -0.139. The fourth-order valence-corrected chi connectivity index (χ4v) is 2.85. The molecule has 0 heterocycles. The van der Waals surface area contributed by atoms with Crippen LogP contribution in [0.4, 0.5) is 10.5 Å². The van der Waals surface area contributed by atoms with Gasteiger partial charge in [-0.05, 0) is 36.2 Å². The summed E-state index contributed by atoms with van der Waals surface area (Å²) in [4.78, 5) is 23.5. The van der Waals surface area contributed by atoms with Gasteiger partial charge in [0.1, 0.15) is 0 Å². The van der Waals surface area contributed by atoms with Gasteiger partial charge in [-0.25, -0.2) is 4.79 Å². The number of carbonyl (C=O) groups is 2. The summed E-state index contributed by atoms with van der Waals surface area (Å²) in [5.41, 5.74) is 2.34.